The Morgan fingerprint density at radius 2 is 2.09 bits per heavy atom. The van der Waals surface area contributed by atoms with Gasteiger partial charge in [0, 0.05) is 22.5 Å². The second-order valence-electron chi connectivity index (χ2n) is 4.73. The second kappa shape index (κ2) is 5.73. The fourth-order valence-corrected chi connectivity index (χ4v) is 2.43. The number of hydrogen-bond acceptors (Lipinski definition) is 5. The highest BCUT2D eigenvalue weighted by atomic mass is 16.5. The summed E-state index contributed by atoms with van der Waals surface area (Å²) in [5.41, 5.74) is 0.888. The van der Waals surface area contributed by atoms with Gasteiger partial charge in [-0.05, 0) is 30.3 Å². The molecule has 0 aliphatic rings. The summed E-state index contributed by atoms with van der Waals surface area (Å²) < 4.78 is 5.22. The molecule has 0 fully saturated rings. The molecule has 0 unspecified atom stereocenters. The molecule has 0 amide bonds. The molecular weight excluding hydrogens is 294 g/mol. The van der Waals surface area contributed by atoms with E-state index in [1.54, 1.807) is 42.6 Å². The largest absolute Gasteiger partial charge is 0.497 e. The van der Waals surface area contributed by atoms with Crippen LogP contribution in [0.2, 0.25) is 0 Å². The molecule has 1 aromatic carbocycles. The molecule has 23 heavy (non-hydrogen) atoms. The van der Waals surface area contributed by atoms with Gasteiger partial charge in [0.25, 0.3) is 0 Å². The van der Waals surface area contributed by atoms with Crippen LogP contribution in [-0.4, -0.2) is 28.2 Å². The van der Waals surface area contributed by atoms with Gasteiger partial charge in [-0.2, -0.15) is 5.26 Å². The number of fused-ring (bicyclic) bond motifs is 1. The van der Waals surface area contributed by atoms with E-state index in [4.69, 9.17) is 4.74 Å². The molecule has 6 heteroatoms. The number of hydrogen-bond donors (Lipinski definition) is 1. The number of carboxylic acid groups (broad SMARTS) is 1. The quantitative estimate of drug-likeness (QED) is 0.799. The Hall–Kier alpha value is -3.46. The van der Waals surface area contributed by atoms with Crippen molar-refractivity contribution in [3.8, 4) is 23.1 Å². The van der Waals surface area contributed by atoms with Crippen LogP contribution >= 0.6 is 0 Å². The lowest BCUT2D eigenvalue weighted by Crippen LogP contribution is -2.05. The van der Waals surface area contributed by atoms with Gasteiger partial charge in [0.15, 0.2) is 11.4 Å². The molecule has 0 saturated heterocycles. The molecule has 2 heterocycles. The maximum Gasteiger partial charge on any atom is 0.355 e. The molecule has 0 saturated carbocycles. The normalized spacial score (nSPS) is 10.3. The maximum absolute atomic E-state index is 11.5. The number of nitriles is 1. The lowest BCUT2D eigenvalue weighted by Gasteiger charge is -2.11. The highest BCUT2D eigenvalue weighted by Crippen LogP contribution is 2.33. The molecule has 6 nitrogen and oxygen atoms in total. The van der Waals surface area contributed by atoms with Crippen molar-refractivity contribution in [3.05, 3.63) is 54.0 Å². The van der Waals surface area contributed by atoms with Crippen molar-refractivity contribution in [2.45, 2.75) is 0 Å². The first-order valence-corrected chi connectivity index (χ1v) is 6.72. The third-order valence-electron chi connectivity index (χ3n) is 3.44. The molecule has 0 bridgehead atoms. The number of pyridine rings is 2. The predicted molar refractivity (Wildman–Crippen MR) is 83.2 cm³/mol. The molecule has 0 atom stereocenters. The van der Waals surface area contributed by atoms with Crippen LogP contribution in [0.5, 0.6) is 5.75 Å². The van der Waals surface area contributed by atoms with Gasteiger partial charge in [0.05, 0.1) is 12.8 Å². The number of methoxy groups -OCH3 is 1. The van der Waals surface area contributed by atoms with E-state index in [9.17, 15) is 15.2 Å². The summed E-state index contributed by atoms with van der Waals surface area (Å²) in [6.07, 6.45) is 1.60. The van der Waals surface area contributed by atoms with Crippen molar-refractivity contribution in [3.63, 3.8) is 0 Å². The molecular formula is C17H11N3O3. The van der Waals surface area contributed by atoms with E-state index >= 15 is 0 Å². The van der Waals surface area contributed by atoms with Crippen LogP contribution in [0.3, 0.4) is 0 Å². The average Bonchev–Trinajstić information content (AvgIpc) is 2.60. The van der Waals surface area contributed by atoms with Crippen molar-refractivity contribution >= 4 is 16.7 Å². The number of carbonyl (C=O) groups is 1. The first-order chi connectivity index (χ1) is 11.2. The molecule has 2 aromatic heterocycles. The second-order valence-corrected chi connectivity index (χ2v) is 4.73. The van der Waals surface area contributed by atoms with Crippen LogP contribution < -0.4 is 4.74 Å². The Labute approximate surface area is 131 Å². The van der Waals surface area contributed by atoms with Gasteiger partial charge < -0.3 is 9.84 Å². The molecule has 0 spiro atoms. The van der Waals surface area contributed by atoms with Crippen LogP contribution in [0.4, 0.5) is 0 Å². The molecule has 0 radical (unpaired) electrons. The van der Waals surface area contributed by atoms with Crippen molar-refractivity contribution < 1.29 is 14.6 Å². The summed E-state index contributed by atoms with van der Waals surface area (Å²) in [7, 11) is 1.52. The highest BCUT2D eigenvalue weighted by molar-refractivity contribution is 6.08. The minimum atomic E-state index is -1.19. The van der Waals surface area contributed by atoms with E-state index in [0.29, 0.717) is 27.8 Å². The predicted octanol–water partition coefficient (Wildman–Crippen LogP) is 2.88. The number of rotatable bonds is 3. The molecule has 112 valence electrons. The fraction of sp³-hybridized carbons (Fsp3) is 0.0588. The van der Waals surface area contributed by atoms with Gasteiger partial charge in [0.2, 0.25) is 0 Å². The maximum atomic E-state index is 11.5. The van der Waals surface area contributed by atoms with Crippen molar-refractivity contribution in [2.24, 2.45) is 0 Å². The summed E-state index contributed by atoms with van der Waals surface area (Å²) in [6, 6.07) is 12.2. The number of ether oxygens (including phenoxy) is 1. The average molecular weight is 305 g/mol. The van der Waals surface area contributed by atoms with Gasteiger partial charge in [-0.1, -0.05) is 6.07 Å². The van der Waals surface area contributed by atoms with Gasteiger partial charge in [0.1, 0.15) is 11.8 Å². The Morgan fingerprint density at radius 1 is 1.26 bits per heavy atom. The van der Waals surface area contributed by atoms with Gasteiger partial charge in [-0.3, -0.25) is 4.98 Å². The lowest BCUT2D eigenvalue weighted by molar-refractivity contribution is 0.0693. The smallest absolute Gasteiger partial charge is 0.355 e. The van der Waals surface area contributed by atoms with E-state index in [2.05, 4.69) is 9.97 Å². The Bertz CT molecular complexity index is 947. The minimum Gasteiger partial charge on any atom is -0.497 e. The van der Waals surface area contributed by atoms with Crippen LogP contribution in [-0.2, 0) is 0 Å². The third-order valence-corrected chi connectivity index (χ3v) is 3.44. The number of aromatic carboxylic acids is 1. The number of aromatic nitrogens is 2. The molecule has 3 aromatic rings. The van der Waals surface area contributed by atoms with E-state index in [1.165, 1.54) is 7.11 Å². The number of benzene rings is 1. The third kappa shape index (κ3) is 2.45. The first-order valence-electron chi connectivity index (χ1n) is 6.72. The highest BCUT2D eigenvalue weighted by Gasteiger charge is 2.20. The fourth-order valence-electron chi connectivity index (χ4n) is 2.43. The van der Waals surface area contributed by atoms with E-state index in [1.807, 2.05) is 6.07 Å². The van der Waals surface area contributed by atoms with Gasteiger partial charge in [-0.15, -0.1) is 0 Å². The zero-order chi connectivity index (χ0) is 16.4. The van der Waals surface area contributed by atoms with Gasteiger partial charge >= 0.3 is 5.97 Å². The number of carboxylic acids is 1. The lowest BCUT2D eigenvalue weighted by atomic mass is 9.98. The summed E-state index contributed by atoms with van der Waals surface area (Å²) in [4.78, 5) is 19.7. The first kappa shape index (κ1) is 14.5. The van der Waals surface area contributed by atoms with E-state index in [-0.39, 0.29) is 11.4 Å². The van der Waals surface area contributed by atoms with Crippen molar-refractivity contribution in [1.82, 2.24) is 9.97 Å². The Kier molecular flexibility index (Phi) is 3.61. The standard InChI is InChI=1S/C17H11N3O3/c1-23-10-5-6-11-12(8-10)15(13-4-2-3-7-19-13)14(9-18)20-16(11)17(21)22/h2-8H,1H3,(H,21,22). The molecule has 0 aliphatic heterocycles. The topological polar surface area (TPSA) is 96.1 Å². The summed E-state index contributed by atoms with van der Waals surface area (Å²) in [6.45, 7) is 0. The van der Waals surface area contributed by atoms with E-state index in [0.717, 1.165) is 0 Å². The Balaban J connectivity index is 2.49. The summed E-state index contributed by atoms with van der Waals surface area (Å²) in [5, 5.41) is 19.8. The van der Waals surface area contributed by atoms with Crippen LogP contribution in [0.15, 0.2) is 42.6 Å². The molecule has 1 N–H and O–H groups in total. The summed E-state index contributed by atoms with van der Waals surface area (Å²) in [5.74, 6) is -0.634. The van der Waals surface area contributed by atoms with Gasteiger partial charge in [-0.25, -0.2) is 9.78 Å². The SMILES string of the molecule is COc1ccc2c(C(=O)O)nc(C#N)c(-c3ccccn3)c2c1. The van der Waals surface area contributed by atoms with Crippen LogP contribution in [0.1, 0.15) is 16.2 Å². The van der Waals surface area contributed by atoms with Crippen molar-refractivity contribution in [2.75, 3.05) is 7.11 Å². The van der Waals surface area contributed by atoms with Crippen molar-refractivity contribution in [1.29, 1.82) is 5.26 Å². The Morgan fingerprint density at radius 3 is 2.70 bits per heavy atom. The molecule has 3 rings (SSSR count). The molecule has 0 aliphatic carbocycles. The van der Waals surface area contributed by atoms with Crippen LogP contribution in [0.25, 0.3) is 22.0 Å². The zero-order valence-electron chi connectivity index (χ0n) is 12.1. The van der Waals surface area contributed by atoms with Crippen LogP contribution in [0, 0.1) is 11.3 Å². The summed E-state index contributed by atoms with van der Waals surface area (Å²) >= 11 is 0. The minimum absolute atomic E-state index is 0.0156. The van der Waals surface area contributed by atoms with E-state index < -0.39 is 5.97 Å². The zero-order valence-corrected chi connectivity index (χ0v) is 12.1. The number of nitrogens with zero attached hydrogens (tertiary/aromatic N) is 3. The monoisotopic (exact) mass is 305 g/mol.